The molecular weight excluding hydrogens is 532 g/mol. The van der Waals surface area contributed by atoms with E-state index in [1.807, 2.05) is 66.7 Å². The summed E-state index contributed by atoms with van der Waals surface area (Å²) in [7, 11) is 0. The highest BCUT2D eigenvalue weighted by molar-refractivity contribution is 5.87. The topological polar surface area (TPSA) is 114 Å². The largest absolute Gasteiger partial charge is 0.481 e. The van der Waals surface area contributed by atoms with Gasteiger partial charge in [-0.25, -0.2) is 4.79 Å². The predicted octanol–water partition coefficient (Wildman–Crippen LogP) is 5.11. The number of carboxylic acids is 1. The van der Waals surface area contributed by atoms with Crippen LogP contribution < -0.4 is 10.6 Å². The maximum Gasteiger partial charge on any atom is 0.407 e. The molecule has 0 spiro atoms. The Labute approximate surface area is 245 Å². The molecule has 0 aliphatic heterocycles. The molecule has 0 saturated heterocycles. The van der Waals surface area contributed by atoms with Crippen molar-refractivity contribution in [2.45, 2.75) is 56.9 Å². The van der Waals surface area contributed by atoms with E-state index < -0.39 is 42.1 Å². The summed E-state index contributed by atoms with van der Waals surface area (Å²) in [5.74, 6) is -1.90. The Morgan fingerprint density at radius 1 is 0.881 bits per heavy atom. The fourth-order valence-corrected chi connectivity index (χ4v) is 7.17. The van der Waals surface area contributed by atoms with Crippen molar-refractivity contribution >= 4 is 18.0 Å². The minimum Gasteiger partial charge on any atom is -0.481 e. The smallest absolute Gasteiger partial charge is 0.407 e. The molecule has 6 unspecified atom stereocenters. The summed E-state index contributed by atoms with van der Waals surface area (Å²) in [6.45, 7) is 2.09. The highest BCUT2D eigenvalue weighted by Gasteiger charge is 2.52. The van der Waals surface area contributed by atoms with E-state index in [1.54, 1.807) is 6.92 Å². The van der Waals surface area contributed by atoms with Crippen molar-refractivity contribution in [1.82, 2.24) is 10.6 Å². The van der Waals surface area contributed by atoms with Crippen LogP contribution in [0.5, 0.6) is 0 Å². The van der Waals surface area contributed by atoms with Gasteiger partial charge >= 0.3 is 12.1 Å². The summed E-state index contributed by atoms with van der Waals surface area (Å²) < 4.78 is 11.8. The van der Waals surface area contributed by atoms with Gasteiger partial charge in [0.25, 0.3) is 0 Å². The number of aliphatic carboxylic acids is 1. The maximum atomic E-state index is 13.7. The summed E-state index contributed by atoms with van der Waals surface area (Å²) in [6.07, 6.45) is 1.13. The number of nitrogens with one attached hydrogen (secondary N) is 2. The van der Waals surface area contributed by atoms with Gasteiger partial charge in [0.15, 0.2) is 0 Å². The van der Waals surface area contributed by atoms with Crippen LogP contribution in [0.4, 0.5) is 4.79 Å². The number of hydrogen-bond donors (Lipinski definition) is 3. The Balaban J connectivity index is 1.15. The van der Waals surface area contributed by atoms with Crippen LogP contribution in [0.15, 0.2) is 78.9 Å². The molecule has 2 amide bonds. The van der Waals surface area contributed by atoms with E-state index in [0.717, 1.165) is 47.1 Å². The summed E-state index contributed by atoms with van der Waals surface area (Å²) in [5, 5.41) is 15.6. The van der Waals surface area contributed by atoms with E-state index in [2.05, 4.69) is 22.8 Å². The van der Waals surface area contributed by atoms with Crippen LogP contribution in [-0.2, 0) is 25.7 Å². The van der Waals surface area contributed by atoms with Crippen LogP contribution in [0.2, 0.25) is 0 Å². The first-order chi connectivity index (χ1) is 20.4. The summed E-state index contributed by atoms with van der Waals surface area (Å²) in [4.78, 5) is 38.9. The van der Waals surface area contributed by atoms with Gasteiger partial charge in [-0.2, -0.15) is 0 Å². The van der Waals surface area contributed by atoms with Gasteiger partial charge in [0, 0.05) is 12.0 Å². The number of fused-ring (bicyclic) bond motifs is 5. The zero-order valence-corrected chi connectivity index (χ0v) is 23.6. The Kier molecular flexibility index (Phi) is 7.98. The number of ether oxygens (including phenoxy) is 2. The third-order valence-electron chi connectivity index (χ3n) is 9.24. The number of benzene rings is 3. The molecule has 42 heavy (non-hydrogen) atoms. The van der Waals surface area contributed by atoms with Crippen molar-refractivity contribution < 1.29 is 29.0 Å². The van der Waals surface area contributed by atoms with Gasteiger partial charge in [0.05, 0.1) is 18.6 Å². The summed E-state index contributed by atoms with van der Waals surface area (Å²) in [5.41, 5.74) is 5.37. The second-order valence-corrected chi connectivity index (χ2v) is 11.7. The first kappa shape index (κ1) is 28.0. The lowest BCUT2D eigenvalue weighted by atomic mass is 9.84. The molecule has 0 aromatic heterocycles. The number of carboxylic acid groups (broad SMARTS) is 1. The minimum atomic E-state index is -1.07. The monoisotopic (exact) mass is 568 g/mol. The van der Waals surface area contributed by atoms with Crippen LogP contribution in [0.25, 0.3) is 11.1 Å². The van der Waals surface area contributed by atoms with E-state index in [1.165, 1.54) is 0 Å². The summed E-state index contributed by atoms with van der Waals surface area (Å²) >= 11 is 0. The lowest BCUT2D eigenvalue weighted by molar-refractivity contribution is -0.145. The van der Waals surface area contributed by atoms with Crippen LogP contribution in [0.3, 0.4) is 0 Å². The Morgan fingerprint density at radius 2 is 1.50 bits per heavy atom. The normalized spacial score (nSPS) is 23.5. The molecule has 8 nitrogen and oxygen atoms in total. The molecule has 2 fully saturated rings. The van der Waals surface area contributed by atoms with E-state index in [4.69, 9.17) is 9.47 Å². The molecule has 2 bridgehead atoms. The molecule has 0 heterocycles. The van der Waals surface area contributed by atoms with Crippen molar-refractivity contribution in [2.24, 2.45) is 17.8 Å². The molecule has 2 saturated carbocycles. The number of carbonyl (C=O) groups excluding carboxylic acids is 2. The molecule has 3 aliphatic rings. The first-order valence-electron chi connectivity index (χ1n) is 14.7. The molecular formula is C34H36N2O6. The van der Waals surface area contributed by atoms with Crippen molar-refractivity contribution in [3.05, 3.63) is 95.6 Å². The van der Waals surface area contributed by atoms with Crippen molar-refractivity contribution in [1.29, 1.82) is 0 Å². The third kappa shape index (κ3) is 5.51. The second-order valence-electron chi connectivity index (χ2n) is 11.7. The third-order valence-corrected chi connectivity index (χ3v) is 9.24. The molecule has 218 valence electrons. The van der Waals surface area contributed by atoms with Gasteiger partial charge in [-0.3, -0.25) is 9.59 Å². The van der Waals surface area contributed by atoms with E-state index in [-0.39, 0.29) is 31.0 Å². The van der Waals surface area contributed by atoms with Gasteiger partial charge in [-0.1, -0.05) is 78.9 Å². The van der Waals surface area contributed by atoms with Crippen molar-refractivity contribution in [3.63, 3.8) is 0 Å². The average molecular weight is 569 g/mol. The van der Waals surface area contributed by atoms with Crippen LogP contribution in [0, 0.1) is 17.8 Å². The van der Waals surface area contributed by atoms with Crippen LogP contribution >= 0.6 is 0 Å². The molecule has 6 rings (SSSR count). The highest BCUT2D eigenvalue weighted by atomic mass is 16.5. The number of carbonyl (C=O) groups is 3. The lowest BCUT2D eigenvalue weighted by Crippen LogP contribution is -2.57. The van der Waals surface area contributed by atoms with E-state index in [9.17, 15) is 19.5 Å². The van der Waals surface area contributed by atoms with E-state index in [0.29, 0.717) is 0 Å². The summed E-state index contributed by atoms with van der Waals surface area (Å²) in [6, 6.07) is 24.2. The molecule has 3 aromatic rings. The number of hydrogen-bond acceptors (Lipinski definition) is 5. The second kappa shape index (κ2) is 12.0. The van der Waals surface area contributed by atoms with E-state index >= 15 is 0 Å². The predicted molar refractivity (Wildman–Crippen MR) is 157 cm³/mol. The van der Waals surface area contributed by atoms with Gasteiger partial charge < -0.3 is 25.2 Å². The van der Waals surface area contributed by atoms with Crippen LogP contribution in [-0.4, -0.2) is 47.9 Å². The van der Waals surface area contributed by atoms with Crippen LogP contribution in [0.1, 0.15) is 48.8 Å². The molecule has 3 aliphatic carbocycles. The first-order valence-corrected chi connectivity index (χ1v) is 14.7. The van der Waals surface area contributed by atoms with Gasteiger partial charge in [-0.15, -0.1) is 0 Å². The fraction of sp³-hybridized carbons (Fsp3) is 0.382. The van der Waals surface area contributed by atoms with Crippen molar-refractivity contribution in [2.75, 3.05) is 6.61 Å². The van der Waals surface area contributed by atoms with Gasteiger partial charge in [0.1, 0.15) is 12.6 Å². The molecule has 0 radical (unpaired) electrons. The highest BCUT2D eigenvalue weighted by Crippen LogP contribution is 2.48. The molecule has 3 N–H and O–H groups in total. The maximum absolute atomic E-state index is 13.7. The Hall–Kier alpha value is -4.17. The molecule has 8 heteroatoms. The number of rotatable bonds is 10. The zero-order valence-electron chi connectivity index (χ0n) is 23.6. The van der Waals surface area contributed by atoms with Crippen molar-refractivity contribution in [3.8, 4) is 11.1 Å². The lowest BCUT2D eigenvalue weighted by Gasteiger charge is -2.32. The van der Waals surface area contributed by atoms with Gasteiger partial charge in [-0.05, 0) is 65.8 Å². The zero-order chi connectivity index (χ0) is 29.2. The standard InChI is InChI=1S/C34H36N2O6/c1-20(41-18-21-9-3-2-4-10-21)30(32(37)35-31-23-16-15-22(17-23)29(31)33(38)39)36-34(40)42-19-28-26-13-7-5-11-24(26)25-12-6-8-14-27(25)28/h2-14,20,22-23,28-31H,15-19H2,1H3,(H,35,37)(H,36,40)(H,38,39). The Bertz CT molecular complexity index is 1410. The Morgan fingerprint density at radius 3 is 2.17 bits per heavy atom. The SMILES string of the molecule is CC(OCc1ccccc1)C(NC(=O)OCC1c2ccccc2-c2ccccc21)C(=O)NC1C2CCC(C2)C1C(=O)O. The molecule has 6 atom stereocenters. The average Bonchev–Trinajstić information content (AvgIpc) is 3.70. The molecule has 3 aromatic carbocycles. The minimum absolute atomic E-state index is 0.0677. The van der Waals surface area contributed by atoms with Gasteiger partial charge in [0.2, 0.25) is 5.91 Å². The quantitative estimate of drug-likeness (QED) is 0.313. The fourth-order valence-electron chi connectivity index (χ4n) is 7.17. The number of alkyl carbamates (subject to hydrolysis) is 1. The number of amides is 2.